The molecule has 0 fully saturated rings. The summed E-state index contributed by atoms with van der Waals surface area (Å²) in [6.45, 7) is 3.13. The minimum absolute atomic E-state index is 0.0234. The zero-order valence-electron chi connectivity index (χ0n) is 16.5. The molecule has 1 aliphatic rings. The van der Waals surface area contributed by atoms with E-state index in [1.807, 2.05) is 55.5 Å². The van der Waals surface area contributed by atoms with Crippen molar-refractivity contribution >= 4 is 39.8 Å². The highest BCUT2D eigenvalue weighted by atomic mass is 32.2. The second-order valence-corrected chi connectivity index (χ2v) is 8.71. The van der Waals surface area contributed by atoms with Gasteiger partial charge in [0.2, 0.25) is 11.0 Å². The van der Waals surface area contributed by atoms with E-state index in [1.165, 1.54) is 23.1 Å². The Kier molecular flexibility index (Phi) is 6.70. The van der Waals surface area contributed by atoms with Crippen molar-refractivity contribution in [3.63, 3.8) is 0 Å². The minimum atomic E-state index is -0.0342. The van der Waals surface area contributed by atoms with E-state index in [1.54, 1.807) is 0 Å². The second kappa shape index (κ2) is 9.82. The summed E-state index contributed by atoms with van der Waals surface area (Å²) in [6.07, 6.45) is 0.763. The molecule has 156 valence electrons. The van der Waals surface area contributed by atoms with Gasteiger partial charge in [-0.1, -0.05) is 53.4 Å². The Labute approximate surface area is 183 Å². The number of rotatable bonds is 8. The Morgan fingerprint density at radius 3 is 2.97 bits per heavy atom. The molecule has 7 nitrogen and oxygen atoms in total. The summed E-state index contributed by atoms with van der Waals surface area (Å²) >= 11 is 2.78. The van der Waals surface area contributed by atoms with Crippen molar-refractivity contribution in [2.75, 3.05) is 24.3 Å². The van der Waals surface area contributed by atoms with Crippen LogP contribution in [0.3, 0.4) is 0 Å². The molecular weight excluding hydrogens is 420 g/mol. The van der Waals surface area contributed by atoms with Crippen LogP contribution in [0.15, 0.2) is 52.9 Å². The predicted octanol–water partition coefficient (Wildman–Crippen LogP) is 4.41. The molecule has 9 heteroatoms. The number of anilines is 2. The number of hydrogen-bond acceptors (Lipinski definition) is 8. The maximum Gasteiger partial charge on any atom is 0.230 e. The molecular formula is C21H22N4O3S2. The number of nitrogens with zero attached hydrogens (tertiary/aromatic N) is 2. The number of ether oxygens (including phenoxy) is 2. The number of nitrogens with one attached hydrogen (secondary N) is 2. The van der Waals surface area contributed by atoms with Gasteiger partial charge in [0, 0.05) is 12.0 Å². The third-order valence-electron chi connectivity index (χ3n) is 4.46. The fourth-order valence-corrected chi connectivity index (χ4v) is 4.72. The molecule has 1 aromatic heterocycles. The van der Waals surface area contributed by atoms with E-state index in [2.05, 4.69) is 20.8 Å². The van der Waals surface area contributed by atoms with Crippen molar-refractivity contribution in [3.8, 4) is 11.5 Å². The molecule has 30 heavy (non-hydrogen) atoms. The average Bonchev–Trinajstić information content (AvgIpc) is 3.22. The highest BCUT2D eigenvalue weighted by Crippen LogP contribution is 2.33. The van der Waals surface area contributed by atoms with Gasteiger partial charge in [0.05, 0.1) is 30.7 Å². The molecule has 1 aliphatic heterocycles. The minimum Gasteiger partial charge on any atom is -0.493 e. The van der Waals surface area contributed by atoms with Crippen molar-refractivity contribution in [2.45, 2.75) is 23.7 Å². The summed E-state index contributed by atoms with van der Waals surface area (Å²) in [5.74, 6) is 1.85. The number of thioether (sulfide) groups is 1. The molecule has 2 heterocycles. The first-order chi connectivity index (χ1) is 14.7. The van der Waals surface area contributed by atoms with Crippen LogP contribution in [-0.4, -0.2) is 35.1 Å². The number of fused-ring (bicyclic) bond motifs is 1. The molecule has 0 radical (unpaired) electrons. The summed E-state index contributed by atoms with van der Waals surface area (Å²) in [7, 11) is 0. The number of hydrogen-bond donors (Lipinski definition) is 2. The van der Waals surface area contributed by atoms with Gasteiger partial charge in [-0.3, -0.25) is 4.79 Å². The smallest absolute Gasteiger partial charge is 0.230 e. The van der Waals surface area contributed by atoms with Crippen molar-refractivity contribution in [1.82, 2.24) is 15.5 Å². The fourth-order valence-electron chi connectivity index (χ4n) is 3.14. The summed E-state index contributed by atoms with van der Waals surface area (Å²) < 4.78 is 12.0. The van der Waals surface area contributed by atoms with Crippen LogP contribution < -0.4 is 20.1 Å². The Bertz CT molecular complexity index is 1010. The largest absolute Gasteiger partial charge is 0.493 e. The third-order valence-corrected chi connectivity index (χ3v) is 6.43. The number of amides is 1. The standard InChI is InChI=1S/C21H22N4O3S2/c1-2-27-18-10-6-4-8-16(18)23-20-24-25-21(30-20)29-13-19(26)22-15-11-12-28-17-9-5-3-7-14(15)17/h3-10,15H,2,11-13H2,1H3,(H,22,26)(H,23,24). The van der Waals surface area contributed by atoms with E-state index < -0.39 is 0 Å². The first kappa shape index (κ1) is 20.5. The summed E-state index contributed by atoms with van der Waals surface area (Å²) in [5, 5.41) is 15.3. The average molecular weight is 443 g/mol. The van der Waals surface area contributed by atoms with Crippen LogP contribution in [0.25, 0.3) is 0 Å². The summed E-state index contributed by atoms with van der Waals surface area (Å²) in [6, 6.07) is 15.5. The van der Waals surface area contributed by atoms with E-state index in [0.29, 0.717) is 18.3 Å². The molecule has 1 unspecified atom stereocenters. The number of benzene rings is 2. The topological polar surface area (TPSA) is 85.4 Å². The molecule has 1 atom stereocenters. The predicted molar refractivity (Wildman–Crippen MR) is 119 cm³/mol. The third kappa shape index (κ3) is 5.03. The molecule has 3 aromatic rings. The Hall–Kier alpha value is -2.78. The lowest BCUT2D eigenvalue weighted by atomic mass is 10.0. The van der Waals surface area contributed by atoms with Gasteiger partial charge >= 0.3 is 0 Å². The maximum atomic E-state index is 12.5. The van der Waals surface area contributed by atoms with Gasteiger partial charge in [-0.25, -0.2) is 0 Å². The van der Waals surface area contributed by atoms with Crippen LogP contribution in [0.5, 0.6) is 11.5 Å². The normalized spacial score (nSPS) is 15.0. The Morgan fingerprint density at radius 2 is 2.07 bits per heavy atom. The summed E-state index contributed by atoms with van der Waals surface area (Å²) in [4.78, 5) is 12.5. The van der Waals surface area contributed by atoms with Gasteiger partial charge in [-0.05, 0) is 25.1 Å². The van der Waals surface area contributed by atoms with Gasteiger partial charge in [0.1, 0.15) is 11.5 Å². The van der Waals surface area contributed by atoms with Crippen LogP contribution in [0.4, 0.5) is 10.8 Å². The van der Waals surface area contributed by atoms with E-state index >= 15 is 0 Å². The molecule has 2 aromatic carbocycles. The van der Waals surface area contributed by atoms with Crippen molar-refractivity contribution in [2.24, 2.45) is 0 Å². The quantitative estimate of drug-likeness (QED) is 0.500. The van der Waals surface area contributed by atoms with E-state index in [0.717, 1.165) is 33.5 Å². The first-order valence-corrected chi connectivity index (χ1v) is 11.5. The fraction of sp³-hybridized carbons (Fsp3) is 0.286. The zero-order valence-corrected chi connectivity index (χ0v) is 18.1. The van der Waals surface area contributed by atoms with Gasteiger partial charge in [0.25, 0.3) is 0 Å². The summed E-state index contributed by atoms with van der Waals surface area (Å²) in [5.41, 5.74) is 1.86. The van der Waals surface area contributed by atoms with Gasteiger partial charge < -0.3 is 20.1 Å². The molecule has 0 spiro atoms. The van der Waals surface area contributed by atoms with Crippen molar-refractivity contribution < 1.29 is 14.3 Å². The lowest BCUT2D eigenvalue weighted by molar-refractivity contribution is -0.119. The molecule has 0 saturated heterocycles. The van der Waals surface area contributed by atoms with Crippen LogP contribution in [0.2, 0.25) is 0 Å². The van der Waals surface area contributed by atoms with Gasteiger partial charge in [0.15, 0.2) is 4.34 Å². The van der Waals surface area contributed by atoms with Crippen LogP contribution in [0, 0.1) is 0 Å². The Balaban J connectivity index is 1.31. The lowest BCUT2D eigenvalue weighted by Gasteiger charge is -2.26. The zero-order chi connectivity index (χ0) is 20.8. The van der Waals surface area contributed by atoms with Crippen molar-refractivity contribution in [1.29, 1.82) is 0 Å². The van der Waals surface area contributed by atoms with Crippen LogP contribution >= 0.6 is 23.1 Å². The number of aromatic nitrogens is 2. The first-order valence-electron chi connectivity index (χ1n) is 9.69. The number of carbonyl (C=O) groups excluding carboxylic acids is 1. The van der Waals surface area contributed by atoms with E-state index in [4.69, 9.17) is 9.47 Å². The van der Waals surface area contributed by atoms with E-state index in [9.17, 15) is 4.79 Å². The monoisotopic (exact) mass is 442 g/mol. The molecule has 0 saturated carbocycles. The number of carbonyl (C=O) groups is 1. The molecule has 2 N–H and O–H groups in total. The maximum absolute atomic E-state index is 12.5. The highest BCUT2D eigenvalue weighted by Gasteiger charge is 2.22. The van der Waals surface area contributed by atoms with Crippen LogP contribution in [0.1, 0.15) is 24.9 Å². The molecule has 0 aliphatic carbocycles. The number of para-hydroxylation sites is 3. The van der Waals surface area contributed by atoms with Gasteiger partial charge in [-0.2, -0.15) is 0 Å². The SMILES string of the molecule is CCOc1ccccc1Nc1nnc(SCC(=O)NC2CCOc3ccccc32)s1. The lowest BCUT2D eigenvalue weighted by Crippen LogP contribution is -2.33. The molecule has 1 amide bonds. The molecule has 0 bridgehead atoms. The van der Waals surface area contributed by atoms with Gasteiger partial charge in [-0.15, -0.1) is 10.2 Å². The second-order valence-electron chi connectivity index (χ2n) is 6.51. The van der Waals surface area contributed by atoms with Crippen LogP contribution in [-0.2, 0) is 4.79 Å². The Morgan fingerprint density at radius 1 is 1.23 bits per heavy atom. The van der Waals surface area contributed by atoms with Crippen molar-refractivity contribution in [3.05, 3.63) is 54.1 Å². The highest BCUT2D eigenvalue weighted by molar-refractivity contribution is 8.01. The van der Waals surface area contributed by atoms with E-state index in [-0.39, 0.29) is 17.7 Å². The molecule has 4 rings (SSSR count).